The van der Waals surface area contributed by atoms with Crippen LogP contribution in [0.1, 0.15) is 64.6 Å². The minimum absolute atomic E-state index is 0.0245. The lowest BCUT2D eigenvalue weighted by atomic mass is 9.78. The summed E-state index contributed by atoms with van der Waals surface area (Å²) in [6, 6.07) is 4.08. The van der Waals surface area contributed by atoms with E-state index in [1.165, 1.54) is 0 Å². The van der Waals surface area contributed by atoms with E-state index >= 15 is 0 Å². The molecule has 0 aliphatic heterocycles. The predicted octanol–water partition coefficient (Wildman–Crippen LogP) is 5.09. The van der Waals surface area contributed by atoms with Crippen molar-refractivity contribution in [1.82, 2.24) is 9.88 Å². The molecule has 1 heterocycles. The zero-order valence-corrected chi connectivity index (χ0v) is 17.9. The molecule has 1 N–H and O–H groups in total. The Hall–Kier alpha value is -1.88. The molecule has 5 heteroatoms. The third-order valence-corrected chi connectivity index (χ3v) is 5.32. The molecular weight excluding hydrogens is 344 g/mol. The first-order valence-electron chi connectivity index (χ1n) is 8.85. The average Bonchev–Trinajstić information content (AvgIpc) is 2.93. The number of aromatic hydroxyl groups is 1. The number of hydrogen-bond acceptors (Lipinski definition) is 4. The first-order valence-corrected chi connectivity index (χ1v) is 9.73. The van der Waals surface area contributed by atoms with Crippen LogP contribution in [-0.4, -0.2) is 27.9 Å². The molecule has 1 amide bonds. The van der Waals surface area contributed by atoms with Gasteiger partial charge in [0.15, 0.2) is 0 Å². The number of carbonyl (C=O) groups excluding carboxylic acids is 1. The van der Waals surface area contributed by atoms with Crippen LogP contribution in [-0.2, 0) is 22.2 Å². The van der Waals surface area contributed by atoms with Gasteiger partial charge in [-0.2, -0.15) is 0 Å². The molecule has 0 aliphatic rings. The second-order valence-electron chi connectivity index (χ2n) is 8.92. The second kappa shape index (κ2) is 7.03. The van der Waals surface area contributed by atoms with Crippen molar-refractivity contribution in [3.05, 3.63) is 33.6 Å². The van der Waals surface area contributed by atoms with Crippen molar-refractivity contribution in [3.8, 4) is 17.0 Å². The van der Waals surface area contributed by atoms with Crippen molar-refractivity contribution in [2.75, 3.05) is 7.05 Å². The van der Waals surface area contributed by atoms with Gasteiger partial charge in [-0.05, 0) is 23.0 Å². The van der Waals surface area contributed by atoms with E-state index in [1.807, 2.05) is 17.5 Å². The highest BCUT2D eigenvalue weighted by Crippen LogP contribution is 2.42. The van der Waals surface area contributed by atoms with E-state index in [2.05, 4.69) is 41.5 Å². The van der Waals surface area contributed by atoms with Gasteiger partial charge in [-0.1, -0.05) is 41.5 Å². The number of aromatic nitrogens is 1. The minimum Gasteiger partial charge on any atom is -0.507 e. The van der Waals surface area contributed by atoms with Crippen LogP contribution in [0.5, 0.6) is 5.75 Å². The largest absolute Gasteiger partial charge is 0.507 e. The Bertz CT molecular complexity index is 775. The molecule has 1 aromatic heterocycles. The van der Waals surface area contributed by atoms with Crippen LogP contribution in [0.4, 0.5) is 0 Å². The fourth-order valence-electron chi connectivity index (χ4n) is 2.76. The molecule has 0 bridgehead atoms. The zero-order chi connectivity index (χ0) is 19.9. The van der Waals surface area contributed by atoms with Gasteiger partial charge in [0.05, 0.1) is 12.2 Å². The third-order valence-electron chi connectivity index (χ3n) is 4.48. The molecule has 142 valence electrons. The molecule has 0 spiro atoms. The van der Waals surface area contributed by atoms with Crippen molar-refractivity contribution in [2.45, 2.75) is 65.8 Å². The van der Waals surface area contributed by atoms with Gasteiger partial charge in [0, 0.05) is 36.0 Å². The highest BCUT2D eigenvalue weighted by molar-refractivity contribution is 7.09. The molecule has 0 radical (unpaired) electrons. The Morgan fingerprint density at radius 2 is 1.62 bits per heavy atom. The Balaban J connectivity index is 2.53. The summed E-state index contributed by atoms with van der Waals surface area (Å²) in [6.45, 7) is 14.7. The normalized spacial score (nSPS) is 12.3. The highest BCUT2D eigenvalue weighted by atomic mass is 32.1. The van der Waals surface area contributed by atoms with Crippen LogP contribution < -0.4 is 0 Å². The van der Waals surface area contributed by atoms with Gasteiger partial charge in [0.2, 0.25) is 5.91 Å². The maximum Gasteiger partial charge on any atom is 0.219 e. The molecule has 0 unspecified atom stereocenters. The lowest BCUT2D eigenvalue weighted by Gasteiger charge is -2.28. The monoisotopic (exact) mass is 374 g/mol. The smallest absolute Gasteiger partial charge is 0.219 e. The number of thiazole rings is 1. The van der Waals surface area contributed by atoms with Crippen LogP contribution in [0.15, 0.2) is 17.5 Å². The lowest BCUT2D eigenvalue weighted by molar-refractivity contribution is -0.128. The molecule has 1 aromatic carbocycles. The fourth-order valence-corrected chi connectivity index (χ4v) is 3.61. The van der Waals surface area contributed by atoms with Crippen LogP contribution in [0, 0.1) is 0 Å². The van der Waals surface area contributed by atoms with Gasteiger partial charge >= 0.3 is 0 Å². The number of hydrogen-bond donors (Lipinski definition) is 1. The van der Waals surface area contributed by atoms with E-state index in [1.54, 1.807) is 30.2 Å². The molecule has 0 aliphatic carbocycles. The lowest BCUT2D eigenvalue weighted by Crippen LogP contribution is -2.22. The number of carbonyl (C=O) groups is 1. The van der Waals surface area contributed by atoms with Crippen LogP contribution in [0.3, 0.4) is 0 Å². The van der Waals surface area contributed by atoms with Crippen molar-refractivity contribution in [1.29, 1.82) is 0 Å². The summed E-state index contributed by atoms with van der Waals surface area (Å²) in [7, 11) is 1.78. The molecule has 0 fully saturated rings. The number of benzene rings is 1. The van der Waals surface area contributed by atoms with E-state index in [9.17, 15) is 9.90 Å². The van der Waals surface area contributed by atoms with E-state index in [0.29, 0.717) is 12.3 Å². The zero-order valence-electron chi connectivity index (χ0n) is 17.1. The van der Waals surface area contributed by atoms with Gasteiger partial charge in [0.25, 0.3) is 0 Å². The summed E-state index contributed by atoms with van der Waals surface area (Å²) < 4.78 is 0. The van der Waals surface area contributed by atoms with Crippen molar-refractivity contribution >= 4 is 17.2 Å². The topological polar surface area (TPSA) is 53.4 Å². The summed E-state index contributed by atoms with van der Waals surface area (Å²) >= 11 is 1.55. The quantitative estimate of drug-likeness (QED) is 0.814. The molecule has 26 heavy (non-hydrogen) atoms. The molecule has 0 saturated carbocycles. The summed E-state index contributed by atoms with van der Waals surface area (Å²) in [5.74, 6) is 0.400. The first-order chi connectivity index (χ1) is 11.8. The summed E-state index contributed by atoms with van der Waals surface area (Å²) in [4.78, 5) is 17.8. The predicted molar refractivity (Wildman–Crippen MR) is 109 cm³/mol. The maximum atomic E-state index is 11.4. The number of nitrogens with zero attached hydrogens (tertiary/aromatic N) is 2. The van der Waals surface area contributed by atoms with Crippen molar-refractivity contribution < 1.29 is 9.90 Å². The van der Waals surface area contributed by atoms with E-state index in [-0.39, 0.29) is 16.7 Å². The molecule has 4 nitrogen and oxygen atoms in total. The van der Waals surface area contributed by atoms with Crippen LogP contribution >= 0.6 is 11.3 Å². The fraction of sp³-hybridized carbons (Fsp3) is 0.524. The summed E-state index contributed by atoms with van der Waals surface area (Å²) in [5.41, 5.74) is 3.40. The van der Waals surface area contributed by atoms with E-state index < -0.39 is 0 Å². The van der Waals surface area contributed by atoms with Crippen molar-refractivity contribution in [2.24, 2.45) is 0 Å². The van der Waals surface area contributed by atoms with Gasteiger partial charge in [-0.3, -0.25) is 4.79 Å². The van der Waals surface area contributed by atoms with Gasteiger partial charge < -0.3 is 10.0 Å². The molecule has 0 saturated heterocycles. The Kier molecular flexibility index (Phi) is 5.52. The van der Waals surface area contributed by atoms with Gasteiger partial charge in [0.1, 0.15) is 10.8 Å². The summed E-state index contributed by atoms with van der Waals surface area (Å²) in [5, 5.41) is 13.8. The first kappa shape index (κ1) is 20.4. The molecule has 0 atom stereocenters. The number of rotatable bonds is 3. The Labute approximate surface area is 160 Å². The second-order valence-corrected chi connectivity index (χ2v) is 9.86. The van der Waals surface area contributed by atoms with E-state index in [4.69, 9.17) is 4.98 Å². The molecule has 2 aromatic rings. The number of amides is 1. The molecule has 2 rings (SSSR count). The van der Waals surface area contributed by atoms with Gasteiger partial charge in [-0.25, -0.2) is 4.98 Å². The van der Waals surface area contributed by atoms with E-state index in [0.717, 1.165) is 27.4 Å². The maximum absolute atomic E-state index is 11.4. The Morgan fingerprint density at radius 1 is 1.12 bits per heavy atom. The SMILES string of the molecule is CC(=O)N(C)Cc1nc(-c2cc(C(C)(C)C)c(O)c(C(C)(C)C)c2)cs1. The van der Waals surface area contributed by atoms with Gasteiger partial charge in [-0.15, -0.1) is 11.3 Å². The third kappa shape index (κ3) is 4.44. The van der Waals surface area contributed by atoms with Crippen LogP contribution in [0.25, 0.3) is 11.3 Å². The minimum atomic E-state index is -0.173. The molecular formula is C21H30N2O2S. The average molecular weight is 375 g/mol. The van der Waals surface area contributed by atoms with Crippen molar-refractivity contribution in [3.63, 3.8) is 0 Å². The standard InChI is InChI=1S/C21H30N2O2S/c1-13(24)23(8)11-18-22-17(12-26-18)14-9-15(20(2,3)4)19(25)16(10-14)21(5,6)7/h9-10,12,25H,11H2,1-8H3. The summed E-state index contributed by atoms with van der Waals surface area (Å²) in [6.07, 6.45) is 0. The number of phenolic OH excluding ortho intramolecular Hbond substituents is 1. The number of phenols is 1. The van der Waals surface area contributed by atoms with Crippen LogP contribution in [0.2, 0.25) is 0 Å². The Morgan fingerprint density at radius 3 is 2.04 bits per heavy atom. The highest BCUT2D eigenvalue weighted by Gasteiger charge is 2.27.